The smallest absolute Gasteiger partial charge is 0.202 e. The van der Waals surface area contributed by atoms with Crippen molar-refractivity contribution in [3.05, 3.63) is 51.2 Å². The number of quaternary nitrogens is 1. The molecule has 0 amide bonds. The Bertz CT molecular complexity index is 909. The van der Waals surface area contributed by atoms with Crippen molar-refractivity contribution in [3.8, 4) is 11.4 Å². The number of nitrogens with one attached hydrogen (secondary N) is 1. The molecular formula is C17H20N5S2+. The van der Waals surface area contributed by atoms with Gasteiger partial charge in [-0.05, 0) is 42.7 Å². The molecule has 0 fully saturated rings. The van der Waals surface area contributed by atoms with E-state index in [1.54, 1.807) is 12.4 Å². The van der Waals surface area contributed by atoms with E-state index in [2.05, 4.69) is 23.4 Å². The summed E-state index contributed by atoms with van der Waals surface area (Å²) in [5.74, 6) is 0.891. The quantitative estimate of drug-likeness (QED) is 0.730. The maximum Gasteiger partial charge on any atom is 0.202 e. The normalized spacial score (nSPS) is 20.1. The maximum absolute atomic E-state index is 5.62. The first-order chi connectivity index (χ1) is 11.6. The number of hydrogen-bond acceptors (Lipinski definition) is 4. The van der Waals surface area contributed by atoms with Crippen LogP contribution in [0, 0.1) is 4.77 Å². The van der Waals surface area contributed by atoms with Gasteiger partial charge in [-0.25, -0.2) is 0 Å². The average Bonchev–Trinajstić information content (AvgIpc) is 3.19. The Morgan fingerprint density at radius 1 is 1.33 bits per heavy atom. The van der Waals surface area contributed by atoms with Crippen LogP contribution in [0.25, 0.3) is 11.4 Å². The molecule has 7 heteroatoms. The standard InChI is InChI=1S/C17H19N5S2/c1-12-14-6-10-24-15(14)5-9-21(12)11-22-17(23)20(2)16(19-22)13-3-7-18-8-4-13/h3-4,6-8,10,12H,5,9,11H2,1-2H3/p+1/t12-/m0/s1. The molecule has 0 saturated carbocycles. The van der Waals surface area contributed by atoms with E-state index in [0.29, 0.717) is 6.04 Å². The molecule has 124 valence electrons. The molecule has 3 aromatic heterocycles. The van der Waals surface area contributed by atoms with Gasteiger partial charge in [-0.1, -0.05) is 0 Å². The Kier molecular flexibility index (Phi) is 4.07. The lowest BCUT2D eigenvalue weighted by Crippen LogP contribution is -3.12. The van der Waals surface area contributed by atoms with E-state index >= 15 is 0 Å². The number of hydrogen-bond donors (Lipinski definition) is 1. The summed E-state index contributed by atoms with van der Waals surface area (Å²) in [6, 6.07) is 6.68. The number of rotatable bonds is 3. The van der Waals surface area contributed by atoms with Crippen molar-refractivity contribution in [3.63, 3.8) is 0 Å². The van der Waals surface area contributed by atoms with Gasteiger partial charge in [0.05, 0.1) is 6.54 Å². The van der Waals surface area contributed by atoms with Gasteiger partial charge in [0.2, 0.25) is 4.77 Å². The lowest BCUT2D eigenvalue weighted by atomic mass is 10.0. The topological polar surface area (TPSA) is 40.1 Å². The number of nitrogens with zero attached hydrogens (tertiary/aromatic N) is 4. The van der Waals surface area contributed by atoms with Gasteiger partial charge in [-0.15, -0.1) is 16.4 Å². The van der Waals surface area contributed by atoms with Crippen LogP contribution < -0.4 is 4.90 Å². The molecule has 1 N–H and O–H groups in total. The molecule has 0 bridgehead atoms. The minimum Gasteiger partial charge on any atom is -0.310 e. The molecule has 1 unspecified atom stereocenters. The summed E-state index contributed by atoms with van der Waals surface area (Å²) >= 11 is 7.50. The van der Waals surface area contributed by atoms with Gasteiger partial charge < -0.3 is 9.47 Å². The molecular weight excluding hydrogens is 338 g/mol. The van der Waals surface area contributed by atoms with Gasteiger partial charge >= 0.3 is 0 Å². The van der Waals surface area contributed by atoms with Crippen molar-refractivity contribution in [2.75, 3.05) is 6.54 Å². The van der Waals surface area contributed by atoms with E-state index < -0.39 is 0 Å². The zero-order valence-electron chi connectivity index (χ0n) is 13.8. The zero-order valence-corrected chi connectivity index (χ0v) is 15.4. The number of thiophene rings is 1. The zero-order chi connectivity index (χ0) is 16.7. The number of aromatic nitrogens is 4. The first-order valence-electron chi connectivity index (χ1n) is 8.10. The van der Waals surface area contributed by atoms with Crippen LogP contribution >= 0.6 is 23.6 Å². The highest BCUT2D eigenvalue weighted by Gasteiger charge is 2.29. The third kappa shape index (κ3) is 2.62. The fraction of sp³-hybridized carbons (Fsp3) is 0.353. The van der Waals surface area contributed by atoms with Crippen molar-refractivity contribution >= 4 is 23.6 Å². The highest BCUT2D eigenvalue weighted by atomic mass is 32.1. The van der Waals surface area contributed by atoms with Crippen LogP contribution in [0.2, 0.25) is 0 Å². The van der Waals surface area contributed by atoms with Crippen LogP contribution in [0.5, 0.6) is 0 Å². The molecule has 2 atom stereocenters. The molecule has 5 nitrogen and oxygen atoms in total. The summed E-state index contributed by atoms with van der Waals surface area (Å²) in [5.41, 5.74) is 2.53. The van der Waals surface area contributed by atoms with Gasteiger partial charge in [0.25, 0.3) is 0 Å². The molecule has 24 heavy (non-hydrogen) atoms. The van der Waals surface area contributed by atoms with E-state index in [9.17, 15) is 0 Å². The second-order valence-corrected chi connectivity index (χ2v) is 7.60. The Labute approximate surface area is 150 Å². The minimum absolute atomic E-state index is 0.480. The van der Waals surface area contributed by atoms with Crippen molar-refractivity contribution in [1.82, 2.24) is 19.3 Å². The lowest BCUT2D eigenvalue weighted by Gasteiger charge is -2.30. The monoisotopic (exact) mass is 358 g/mol. The molecule has 4 rings (SSSR count). The summed E-state index contributed by atoms with van der Waals surface area (Å²) in [6.07, 6.45) is 4.71. The second-order valence-electron chi connectivity index (χ2n) is 6.24. The SMILES string of the molecule is C[C@H]1c2ccsc2CC[NH+]1Cn1nc(-c2ccncc2)n(C)c1=S. The largest absolute Gasteiger partial charge is 0.310 e. The summed E-state index contributed by atoms with van der Waals surface area (Å²) in [6.45, 7) is 4.22. The summed E-state index contributed by atoms with van der Waals surface area (Å²) < 4.78 is 4.71. The molecule has 0 spiro atoms. The van der Waals surface area contributed by atoms with Crippen LogP contribution in [0.4, 0.5) is 0 Å². The number of pyridine rings is 1. The van der Waals surface area contributed by atoms with E-state index in [1.807, 2.05) is 39.8 Å². The highest BCUT2D eigenvalue weighted by Crippen LogP contribution is 2.24. The molecule has 1 aliphatic heterocycles. The van der Waals surface area contributed by atoms with Gasteiger partial charge in [-0.2, -0.15) is 4.68 Å². The van der Waals surface area contributed by atoms with Crippen LogP contribution in [0.15, 0.2) is 36.0 Å². The van der Waals surface area contributed by atoms with E-state index in [-0.39, 0.29) is 0 Å². The highest BCUT2D eigenvalue weighted by molar-refractivity contribution is 7.71. The Balaban J connectivity index is 1.63. The average molecular weight is 359 g/mol. The summed E-state index contributed by atoms with van der Waals surface area (Å²) in [5, 5.41) is 6.99. The number of fused-ring (bicyclic) bond motifs is 1. The van der Waals surface area contributed by atoms with Crippen LogP contribution in [-0.4, -0.2) is 25.9 Å². The lowest BCUT2D eigenvalue weighted by molar-refractivity contribution is -0.954. The first kappa shape index (κ1) is 15.7. The third-order valence-electron chi connectivity index (χ3n) is 4.86. The molecule has 3 aromatic rings. The van der Waals surface area contributed by atoms with Crippen molar-refractivity contribution in [1.29, 1.82) is 0 Å². The maximum atomic E-state index is 5.62. The Hall–Kier alpha value is -1.83. The van der Waals surface area contributed by atoms with Crippen molar-refractivity contribution < 1.29 is 4.90 Å². The third-order valence-corrected chi connectivity index (χ3v) is 6.35. The van der Waals surface area contributed by atoms with Gasteiger partial charge in [-0.3, -0.25) is 4.98 Å². The molecule has 1 aliphatic rings. The van der Waals surface area contributed by atoms with E-state index in [4.69, 9.17) is 17.3 Å². The van der Waals surface area contributed by atoms with Crippen LogP contribution in [0.1, 0.15) is 23.4 Å². The molecule has 0 aliphatic carbocycles. The summed E-state index contributed by atoms with van der Waals surface area (Å²) in [4.78, 5) is 7.12. The van der Waals surface area contributed by atoms with E-state index in [1.165, 1.54) is 15.3 Å². The van der Waals surface area contributed by atoms with E-state index in [0.717, 1.165) is 35.8 Å². The minimum atomic E-state index is 0.480. The molecule has 4 heterocycles. The fourth-order valence-corrected chi connectivity index (χ4v) is 4.57. The van der Waals surface area contributed by atoms with Gasteiger partial charge in [0, 0.05) is 41.9 Å². The van der Waals surface area contributed by atoms with Crippen molar-refractivity contribution in [2.24, 2.45) is 7.05 Å². The molecule has 0 radical (unpaired) electrons. The predicted molar refractivity (Wildman–Crippen MR) is 97.5 cm³/mol. The Morgan fingerprint density at radius 3 is 2.92 bits per heavy atom. The Morgan fingerprint density at radius 2 is 2.12 bits per heavy atom. The van der Waals surface area contributed by atoms with Gasteiger partial charge in [0.15, 0.2) is 12.5 Å². The predicted octanol–water partition coefficient (Wildman–Crippen LogP) is 2.23. The first-order valence-corrected chi connectivity index (χ1v) is 9.39. The fourth-order valence-electron chi connectivity index (χ4n) is 3.40. The molecule has 0 aromatic carbocycles. The van der Waals surface area contributed by atoms with Crippen molar-refractivity contribution in [2.45, 2.75) is 26.1 Å². The van der Waals surface area contributed by atoms with Crippen LogP contribution in [-0.2, 0) is 20.1 Å². The molecule has 0 saturated heterocycles. The van der Waals surface area contributed by atoms with Crippen LogP contribution in [0.3, 0.4) is 0 Å². The summed E-state index contributed by atoms with van der Waals surface area (Å²) in [7, 11) is 1.98. The second kappa shape index (κ2) is 6.23. The van der Waals surface area contributed by atoms with Gasteiger partial charge in [0.1, 0.15) is 6.04 Å².